The van der Waals surface area contributed by atoms with Crippen molar-refractivity contribution in [3.05, 3.63) is 83.1 Å². The first-order valence-electron chi connectivity index (χ1n) is 11.4. The van der Waals surface area contributed by atoms with E-state index in [2.05, 4.69) is 4.74 Å². The van der Waals surface area contributed by atoms with Crippen molar-refractivity contribution >= 4 is 30.1 Å². The van der Waals surface area contributed by atoms with Crippen molar-refractivity contribution in [2.45, 2.75) is 12.5 Å². The third-order valence-electron chi connectivity index (χ3n) is 5.29. The van der Waals surface area contributed by atoms with E-state index in [0.29, 0.717) is 11.1 Å². The highest BCUT2D eigenvalue weighted by molar-refractivity contribution is 5.92. The number of carbonyl (C=O) groups excluding carboxylic acids is 2. The number of methoxy groups -OCH3 is 1. The van der Waals surface area contributed by atoms with Gasteiger partial charge in [-0.15, -0.1) is 0 Å². The second-order valence-corrected chi connectivity index (χ2v) is 8.20. The van der Waals surface area contributed by atoms with Gasteiger partial charge in [0.15, 0.2) is 34.5 Å². The van der Waals surface area contributed by atoms with E-state index in [9.17, 15) is 45.0 Å². The predicted molar refractivity (Wildman–Crippen MR) is 139 cm³/mol. The largest absolute Gasteiger partial charge is 0.504 e. The Hall–Kier alpha value is -5.65. The maximum absolute atomic E-state index is 12.2. The number of carbonyl (C=O) groups is 3. The molecule has 0 saturated heterocycles. The van der Waals surface area contributed by atoms with Gasteiger partial charge in [0.05, 0.1) is 7.11 Å². The molecule has 0 amide bonds. The molecule has 0 unspecified atom stereocenters. The average molecular weight is 552 g/mol. The molecule has 0 aromatic heterocycles. The molecular weight excluding hydrogens is 528 g/mol. The van der Waals surface area contributed by atoms with Crippen LogP contribution in [-0.2, 0) is 30.3 Å². The molecule has 6 N–H and O–H groups in total. The number of hydrogen-bond donors (Lipinski definition) is 6. The van der Waals surface area contributed by atoms with Crippen LogP contribution in [0.25, 0.3) is 12.2 Å². The number of carboxylic acid groups (broad SMARTS) is 1. The number of aliphatic carboxylic acids is 1. The molecule has 3 aromatic rings. The number of phenolic OH excluding ortho intramolecular Hbond substituents is 5. The molecular formula is C28H24O12. The highest BCUT2D eigenvalue weighted by Gasteiger charge is 2.22. The lowest BCUT2D eigenvalue weighted by atomic mass is 10.1. The van der Waals surface area contributed by atoms with Crippen LogP contribution >= 0.6 is 0 Å². The molecule has 0 saturated carbocycles. The normalized spacial score (nSPS) is 12.1. The van der Waals surface area contributed by atoms with E-state index in [1.165, 1.54) is 60.7 Å². The van der Waals surface area contributed by atoms with Gasteiger partial charge in [0.2, 0.25) is 11.9 Å². The third kappa shape index (κ3) is 7.68. The second kappa shape index (κ2) is 12.7. The van der Waals surface area contributed by atoms with Gasteiger partial charge >= 0.3 is 17.9 Å². The molecule has 0 heterocycles. The van der Waals surface area contributed by atoms with Crippen LogP contribution < -0.4 is 4.74 Å². The van der Waals surface area contributed by atoms with Crippen LogP contribution in [-0.4, -0.2) is 61.8 Å². The zero-order valence-corrected chi connectivity index (χ0v) is 20.8. The van der Waals surface area contributed by atoms with Gasteiger partial charge in [-0.1, -0.05) is 18.2 Å². The highest BCUT2D eigenvalue weighted by Crippen LogP contribution is 2.31. The number of rotatable bonds is 10. The summed E-state index contributed by atoms with van der Waals surface area (Å²) in [5, 5.41) is 57.8. The van der Waals surface area contributed by atoms with Gasteiger partial charge in [-0.05, 0) is 65.2 Å². The number of hydrogen-bond acceptors (Lipinski definition) is 11. The summed E-state index contributed by atoms with van der Waals surface area (Å²) >= 11 is 0. The Morgan fingerprint density at radius 2 is 1.43 bits per heavy atom. The topological polar surface area (TPSA) is 200 Å². The summed E-state index contributed by atoms with van der Waals surface area (Å²) in [5.74, 6) is -5.86. The van der Waals surface area contributed by atoms with E-state index < -0.39 is 41.3 Å². The maximum atomic E-state index is 12.2. The van der Waals surface area contributed by atoms with Crippen molar-refractivity contribution in [3.63, 3.8) is 0 Å². The van der Waals surface area contributed by atoms with Gasteiger partial charge in [0.1, 0.15) is 0 Å². The molecule has 0 aliphatic carbocycles. The fraction of sp³-hybridized carbons (Fsp3) is 0.107. The highest BCUT2D eigenvalue weighted by atomic mass is 16.6. The van der Waals surface area contributed by atoms with Gasteiger partial charge in [-0.3, -0.25) is 0 Å². The molecule has 0 aliphatic rings. The third-order valence-corrected chi connectivity index (χ3v) is 5.29. The Kier molecular flexibility index (Phi) is 9.21. The quantitative estimate of drug-likeness (QED) is 0.0931. The van der Waals surface area contributed by atoms with Gasteiger partial charge in [0, 0.05) is 12.5 Å². The van der Waals surface area contributed by atoms with Crippen LogP contribution in [0.3, 0.4) is 0 Å². The minimum atomic E-state index is -1.58. The van der Waals surface area contributed by atoms with E-state index in [1.807, 2.05) is 0 Å². The first-order chi connectivity index (χ1) is 19.0. The maximum Gasteiger partial charge on any atom is 0.373 e. The summed E-state index contributed by atoms with van der Waals surface area (Å²) in [5.41, 5.74) is 0.891. The van der Waals surface area contributed by atoms with Gasteiger partial charge in [0.25, 0.3) is 0 Å². The zero-order valence-electron chi connectivity index (χ0n) is 20.8. The number of ether oxygens (including phenoxy) is 3. The standard InChI is InChI=1S/C28H24O12/c1-38-28(37)25(14-17-3-7-19(30)21(32)12-17)39-23-8-4-15(10-22(23)33)5-9-26(34)40-24(27(35)36)13-16-2-6-18(29)20(31)11-16/h2-12,14,24,29-33H,13H2,1H3,(H,35,36)/t24-/m1/s1. The lowest BCUT2D eigenvalue weighted by molar-refractivity contribution is -0.160. The Labute approximate surface area is 226 Å². The number of phenols is 5. The molecule has 12 heteroatoms. The van der Waals surface area contributed by atoms with Gasteiger partial charge in [-0.2, -0.15) is 0 Å². The summed E-state index contributed by atoms with van der Waals surface area (Å²) in [4.78, 5) is 35.9. The number of esters is 2. The molecule has 40 heavy (non-hydrogen) atoms. The fourth-order valence-corrected chi connectivity index (χ4v) is 3.29. The molecule has 0 radical (unpaired) electrons. The van der Waals surface area contributed by atoms with E-state index in [4.69, 9.17) is 9.47 Å². The molecule has 0 fully saturated rings. The average Bonchev–Trinajstić information content (AvgIpc) is 2.91. The molecule has 208 valence electrons. The minimum Gasteiger partial charge on any atom is -0.504 e. The van der Waals surface area contributed by atoms with E-state index in [-0.39, 0.29) is 35.0 Å². The smallest absolute Gasteiger partial charge is 0.373 e. The molecule has 1 atom stereocenters. The van der Waals surface area contributed by atoms with Crippen molar-refractivity contribution in [2.24, 2.45) is 0 Å². The molecule has 3 aromatic carbocycles. The zero-order chi connectivity index (χ0) is 29.4. The molecule has 3 rings (SSSR count). The Morgan fingerprint density at radius 3 is 2.02 bits per heavy atom. The minimum absolute atomic E-state index is 0.150. The van der Waals surface area contributed by atoms with E-state index in [1.54, 1.807) is 0 Å². The Balaban J connectivity index is 1.71. The van der Waals surface area contributed by atoms with Crippen molar-refractivity contribution < 1.29 is 59.2 Å². The molecule has 0 bridgehead atoms. The first kappa shape index (κ1) is 28.9. The Morgan fingerprint density at radius 1 is 0.800 bits per heavy atom. The van der Waals surface area contributed by atoms with Gasteiger partial charge in [-0.25, -0.2) is 14.4 Å². The van der Waals surface area contributed by atoms with Crippen LogP contribution in [0.2, 0.25) is 0 Å². The summed E-state index contributed by atoms with van der Waals surface area (Å²) < 4.78 is 15.1. The molecule has 0 spiro atoms. The summed E-state index contributed by atoms with van der Waals surface area (Å²) in [7, 11) is 1.12. The predicted octanol–water partition coefficient (Wildman–Crippen LogP) is 3.06. The second-order valence-electron chi connectivity index (χ2n) is 8.20. The van der Waals surface area contributed by atoms with Crippen LogP contribution in [0.15, 0.2) is 66.4 Å². The fourth-order valence-electron chi connectivity index (χ4n) is 3.29. The van der Waals surface area contributed by atoms with Crippen LogP contribution in [0.1, 0.15) is 16.7 Å². The monoisotopic (exact) mass is 552 g/mol. The number of carboxylic acids is 1. The van der Waals surface area contributed by atoms with E-state index >= 15 is 0 Å². The van der Waals surface area contributed by atoms with Crippen molar-refractivity contribution in [1.29, 1.82) is 0 Å². The molecule has 0 aliphatic heterocycles. The summed E-state index contributed by atoms with van der Waals surface area (Å²) in [6, 6.07) is 11.4. The molecule has 12 nitrogen and oxygen atoms in total. The van der Waals surface area contributed by atoms with Crippen LogP contribution in [0, 0.1) is 0 Å². The number of benzene rings is 3. The lowest BCUT2D eigenvalue weighted by Gasteiger charge is -2.13. The summed E-state index contributed by atoms with van der Waals surface area (Å²) in [6.45, 7) is 0. The van der Waals surface area contributed by atoms with Crippen LogP contribution in [0.5, 0.6) is 34.5 Å². The first-order valence-corrected chi connectivity index (χ1v) is 11.4. The number of aromatic hydroxyl groups is 5. The van der Waals surface area contributed by atoms with Gasteiger partial charge < -0.3 is 44.8 Å². The SMILES string of the molecule is COC(=O)C(=Cc1ccc(O)c(O)c1)Oc1ccc(C=CC(=O)O[C@H](Cc2ccc(O)c(O)c2)C(=O)O)cc1O. The lowest BCUT2D eigenvalue weighted by Crippen LogP contribution is -2.28. The van der Waals surface area contributed by atoms with E-state index in [0.717, 1.165) is 19.3 Å². The van der Waals surface area contributed by atoms with Crippen LogP contribution in [0.4, 0.5) is 0 Å². The summed E-state index contributed by atoms with van der Waals surface area (Å²) in [6.07, 6.45) is 1.55. The van der Waals surface area contributed by atoms with Crippen molar-refractivity contribution in [3.8, 4) is 34.5 Å². The van der Waals surface area contributed by atoms with Crippen molar-refractivity contribution in [1.82, 2.24) is 0 Å². The Bertz CT molecular complexity index is 1490. The van der Waals surface area contributed by atoms with Crippen molar-refractivity contribution in [2.75, 3.05) is 7.11 Å².